The Bertz CT molecular complexity index is 165. The predicted octanol–water partition coefficient (Wildman–Crippen LogP) is 1.36. The third kappa shape index (κ3) is 11.1. The van der Waals surface area contributed by atoms with E-state index in [4.69, 9.17) is 0 Å². The van der Waals surface area contributed by atoms with Gasteiger partial charge in [-0.1, -0.05) is 39.8 Å². The highest BCUT2D eigenvalue weighted by molar-refractivity contribution is 5.85. The number of nitrogens with zero attached hydrogens (tertiary/aromatic N) is 1. The summed E-state index contributed by atoms with van der Waals surface area (Å²) in [5.74, 6) is 0. The summed E-state index contributed by atoms with van der Waals surface area (Å²) in [5.41, 5.74) is 0. The Kier molecular flexibility index (Phi) is 25.0. The van der Waals surface area contributed by atoms with Gasteiger partial charge < -0.3 is 23.0 Å². The number of hydrogen-bond acceptors (Lipinski definition) is 1. The molecule has 0 aromatic carbocycles. The standard InChI is InChI=1S/C14H28N.2ClH.H3N/c1-5-9-13-15(11-7-3,12-8-4)14-10-6-2;;;/h7-8H,3-6,9-14H2,1-2H3;2*1H;1H3/q+1;;;/p-1. The molecule has 0 heterocycles. The van der Waals surface area contributed by atoms with Gasteiger partial charge in [-0.2, -0.15) is 0 Å². The van der Waals surface area contributed by atoms with Crippen molar-refractivity contribution in [3.63, 3.8) is 0 Å². The Balaban J connectivity index is -0.000000327. The number of unbranched alkanes of at least 4 members (excludes halogenated alkanes) is 2. The third-order valence-corrected chi connectivity index (χ3v) is 3.00. The summed E-state index contributed by atoms with van der Waals surface area (Å²) in [5, 5.41) is 0. The van der Waals surface area contributed by atoms with Gasteiger partial charge in [0.2, 0.25) is 0 Å². The second kappa shape index (κ2) is 17.0. The maximum atomic E-state index is 3.89. The summed E-state index contributed by atoms with van der Waals surface area (Å²) in [6.45, 7) is 17.0. The minimum atomic E-state index is 0. The van der Waals surface area contributed by atoms with Gasteiger partial charge >= 0.3 is 0 Å². The molecule has 4 heteroatoms. The minimum absolute atomic E-state index is 0. The first kappa shape index (κ1) is 26.5. The summed E-state index contributed by atoms with van der Waals surface area (Å²) >= 11 is 0. The summed E-state index contributed by atoms with van der Waals surface area (Å²) in [7, 11) is 0. The van der Waals surface area contributed by atoms with Crippen LogP contribution in [0.3, 0.4) is 0 Å². The molecule has 0 amide bonds. The van der Waals surface area contributed by atoms with Crippen LogP contribution in [0, 0.1) is 0 Å². The van der Waals surface area contributed by atoms with Crippen molar-refractivity contribution in [3.05, 3.63) is 25.3 Å². The molecule has 0 radical (unpaired) electrons. The van der Waals surface area contributed by atoms with Crippen molar-refractivity contribution in [2.75, 3.05) is 26.2 Å². The Morgan fingerprint density at radius 1 is 0.889 bits per heavy atom. The molecule has 0 saturated heterocycles. The molecule has 0 unspecified atom stereocenters. The Labute approximate surface area is 127 Å². The molecule has 0 aromatic heterocycles. The fraction of sp³-hybridized carbons (Fsp3) is 0.714. The maximum absolute atomic E-state index is 3.89. The van der Waals surface area contributed by atoms with Crippen molar-refractivity contribution >= 4 is 12.4 Å². The van der Waals surface area contributed by atoms with Crippen LogP contribution in [0.25, 0.3) is 0 Å². The molecule has 0 aliphatic heterocycles. The smallest absolute Gasteiger partial charge is 0.0973 e. The lowest BCUT2D eigenvalue weighted by molar-refractivity contribution is -0.917. The lowest BCUT2D eigenvalue weighted by Gasteiger charge is -2.37. The molecule has 0 aliphatic carbocycles. The molecular weight excluding hydrogens is 267 g/mol. The van der Waals surface area contributed by atoms with E-state index in [1.54, 1.807) is 0 Å². The first-order valence-electron chi connectivity index (χ1n) is 6.31. The number of halogens is 2. The molecule has 2 nitrogen and oxygen atoms in total. The first-order chi connectivity index (χ1) is 7.24. The minimum Gasteiger partial charge on any atom is -1.00 e. The number of rotatable bonds is 10. The number of quaternary nitrogens is 1. The molecule has 18 heavy (non-hydrogen) atoms. The van der Waals surface area contributed by atoms with E-state index in [1.807, 2.05) is 0 Å². The number of hydrogen-bond donors (Lipinski definition) is 1. The molecule has 0 spiro atoms. The molecule has 0 bridgehead atoms. The van der Waals surface area contributed by atoms with Crippen LogP contribution in [-0.2, 0) is 0 Å². The van der Waals surface area contributed by atoms with Gasteiger partial charge in [-0.15, -0.1) is 12.4 Å². The highest BCUT2D eigenvalue weighted by Crippen LogP contribution is 2.12. The van der Waals surface area contributed by atoms with Gasteiger partial charge in [0, 0.05) is 0 Å². The van der Waals surface area contributed by atoms with Crippen LogP contribution in [0.5, 0.6) is 0 Å². The van der Waals surface area contributed by atoms with Crippen LogP contribution < -0.4 is 18.6 Å². The lowest BCUT2D eigenvalue weighted by atomic mass is 10.2. The van der Waals surface area contributed by atoms with Gasteiger partial charge in [-0.3, -0.25) is 0 Å². The van der Waals surface area contributed by atoms with E-state index in [0.717, 1.165) is 17.6 Å². The summed E-state index contributed by atoms with van der Waals surface area (Å²) in [6, 6.07) is 0. The van der Waals surface area contributed by atoms with Gasteiger partial charge in [0.05, 0.1) is 26.2 Å². The molecule has 3 N–H and O–H groups in total. The second-order valence-corrected chi connectivity index (χ2v) is 4.44. The zero-order chi connectivity index (χ0) is 11.6. The van der Waals surface area contributed by atoms with Crippen molar-refractivity contribution in [3.8, 4) is 0 Å². The SMILES string of the molecule is C=CC[N+](CC=C)(CCCC)CCCC.Cl.N.[Cl-]. The third-order valence-electron chi connectivity index (χ3n) is 3.00. The molecule has 0 aromatic rings. The van der Waals surface area contributed by atoms with Crippen LogP contribution >= 0.6 is 12.4 Å². The van der Waals surface area contributed by atoms with E-state index in [2.05, 4.69) is 39.2 Å². The van der Waals surface area contributed by atoms with Crippen molar-refractivity contribution in [1.82, 2.24) is 6.15 Å². The van der Waals surface area contributed by atoms with Crippen molar-refractivity contribution in [1.29, 1.82) is 0 Å². The van der Waals surface area contributed by atoms with Gasteiger partial charge in [0.25, 0.3) is 0 Å². The zero-order valence-corrected chi connectivity index (χ0v) is 13.7. The summed E-state index contributed by atoms with van der Waals surface area (Å²) < 4.78 is 1.16. The van der Waals surface area contributed by atoms with Gasteiger partial charge in [0.1, 0.15) is 0 Å². The Morgan fingerprint density at radius 2 is 1.22 bits per heavy atom. The van der Waals surface area contributed by atoms with Crippen LogP contribution in [0.4, 0.5) is 0 Å². The molecule has 0 saturated carbocycles. The van der Waals surface area contributed by atoms with E-state index in [0.29, 0.717) is 0 Å². The van der Waals surface area contributed by atoms with E-state index >= 15 is 0 Å². The maximum Gasteiger partial charge on any atom is 0.0973 e. The molecule has 112 valence electrons. The van der Waals surface area contributed by atoms with Crippen LogP contribution in [0.2, 0.25) is 0 Å². The average molecular weight is 299 g/mol. The van der Waals surface area contributed by atoms with E-state index in [-0.39, 0.29) is 31.0 Å². The molecule has 0 fully saturated rings. The monoisotopic (exact) mass is 298 g/mol. The van der Waals surface area contributed by atoms with Crippen LogP contribution in [0.1, 0.15) is 39.5 Å². The normalized spacial score (nSPS) is 9.44. The van der Waals surface area contributed by atoms with Gasteiger partial charge in [-0.25, -0.2) is 0 Å². The van der Waals surface area contributed by atoms with Crippen molar-refractivity contribution < 1.29 is 16.9 Å². The van der Waals surface area contributed by atoms with Gasteiger partial charge in [-0.05, 0) is 25.0 Å². The largest absolute Gasteiger partial charge is 1.00 e. The molecule has 0 atom stereocenters. The lowest BCUT2D eigenvalue weighted by Crippen LogP contribution is -3.00. The fourth-order valence-corrected chi connectivity index (χ4v) is 2.09. The Morgan fingerprint density at radius 3 is 1.44 bits per heavy atom. The first-order valence-corrected chi connectivity index (χ1v) is 6.31. The van der Waals surface area contributed by atoms with Crippen LogP contribution in [-0.4, -0.2) is 30.7 Å². The molecular formula is C14H32Cl2N2. The zero-order valence-electron chi connectivity index (χ0n) is 12.2. The van der Waals surface area contributed by atoms with E-state index in [9.17, 15) is 0 Å². The highest BCUT2D eigenvalue weighted by Gasteiger charge is 2.22. The van der Waals surface area contributed by atoms with Crippen molar-refractivity contribution in [2.45, 2.75) is 39.5 Å². The van der Waals surface area contributed by atoms with E-state index < -0.39 is 0 Å². The van der Waals surface area contributed by atoms with Gasteiger partial charge in [0.15, 0.2) is 0 Å². The van der Waals surface area contributed by atoms with Crippen molar-refractivity contribution in [2.24, 2.45) is 0 Å². The summed E-state index contributed by atoms with van der Waals surface area (Å²) in [4.78, 5) is 0. The second-order valence-electron chi connectivity index (χ2n) is 4.44. The average Bonchev–Trinajstić information content (AvgIpc) is 2.24. The quantitative estimate of drug-likeness (QED) is 0.480. The molecule has 0 rings (SSSR count). The fourth-order valence-electron chi connectivity index (χ4n) is 2.09. The Hall–Kier alpha value is -0.0200. The predicted molar refractivity (Wildman–Crippen MR) is 82.2 cm³/mol. The van der Waals surface area contributed by atoms with E-state index in [1.165, 1.54) is 38.8 Å². The summed E-state index contributed by atoms with van der Waals surface area (Å²) in [6.07, 6.45) is 9.31. The topological polar surface area (TPSA) is 35.0 Å². The highest BCUT2D eigenvalue weighted by atomic mass is 35.5. The molecule has 0 aliphatic rings. The van der Waals surface area contributed by atoms with Crippen LogP contribution in [0.15, 0.2) is 25.3 Å².